The Kier molecular flexibility index (Phi) is 7.25. The maximum Gasteiger partial charge on any atom is 0.0580 e. The van der Waals surface area contributed by atoms with Gasteiger partial charge in [-0.25, -0.2) is 0 Å². The normalized spacial score (nSPS) is 28.1. The van der Waals surface area contributed by atoms with Crippen LogP contribution >= 0.6 is 0 Å². The summed E-state index contributed by atoms with van der Waals surface area (Å²) >= 11 is 0. The van der Waals surface area contributed by atoms with Gasteiger partial charge < -0.3 is 4.74 Å². The van der Waals surface area contributed by atoms with Crippen molar-refractivity contribution >= 4 is 12.4 Å². The molecule has 0 amide bonds. The highest BCUT2D eigenvalue weighted by Gasteiger charge is 2.26. The van der Waals surface area contributed by atoms with Gasteiger partial charge in [-0.1, -0.05) is 60.7 Å². The molecule has 152 valence electrons. The van der Waals surface area contributed by atoms with E-state index in [2.05, 4.69) is 48.5 Å². The second-order valence-corrected chi connectivity index (χ2v) is 8.37. The number of hydrogen-bond acceptors (Lipinski definition) is 3. The molecule has 0 aliphatic heterocycles. The minimum atomic E-state index is 0.424. The highest BCUT2D eigenvalue weighted by molar-refractivity contribution is 5.80. The summed E-state index contributed by atoms with van der Waals surface area (Å²) in [4.78, 5) is 9.59. The van der Waals surface area contributed by atoms with Gasteiger partial charge in [-0.05, 0) is 62.5 Å². The minimum absolute atomic E-state index is 0.424. The third-order valence-corrected chi connectivity index (χ3v) is 6.14. The molecular weight excluding hydrogens is 356 g/mol. The molecule has 0 N–H and O–H groups in total. The zero-order chi connectivity index (χ0) is 19.7. The first-order valence-electron chi connectivity index (χ1n) is 11.2. The van der Waals surface area contributed by atoms with E-state index in [9.17, 15) is 0 Å². The molecule has 4 rings (SSSR count). The average Bonchev–Trinajstić information content (AvgIpc) is 2.80. The van der Waals surface area contributed by atoms with Crippen molar-refractivity contribution in [3.63, 3.8) is 0 Å². The zero-order valence-electron chi connectivity index (χ0n) is 17.2. The molecule has 3 nitrogen and oxygen atoms in total. The number of benzene rings is 2. The number of hydrogen-bond donors (Lipinski definition) is 0. The highest BCUT2D eigenvalue weighted by Crippen LogP contribution is 2.29. The van der Waals surface area contributed by atoms with Crippen LogP contribution in [0.2, 0.25) is 0 Å². The number of ether oxygens (including phenoxy) is 1. The maximum atomic E-state index is 6.45. The first-order valence-corrected chi connectivity index (χ1v) is 11.2. The second-order valence-electron chi connectivity index (χ2n) is 8.37. The van der Waals surface area contributed by atoms with Crippen LogP contribution in [0, 0.1) is 0 Å². The molecule has 0 heterocycles. The molecule has 2 aromatic rings. The van der Waals surface area contributed by atoms with E-state index < -0.39 is 0 Å². The van der Waals surface area contributed by atoms with Crippen molar-refractivity contribution in [2.24, 2.45) is 9.98 Å². The Morgan fingerprint density at radius 3 is 1.31 bits per heavy atom. The largest absolute Gasteiger partial charge is 0.375 e. The van der Waals surface area contributed by atoms with Gasteiger partial charge in [0.15, 0.2) is 0 Å². The van der Waals surface area contributed by atoms with Crippen LogP contribution in [-0.4, -0.2) is 36.7 Å². The van der Waals surface area contributed by atoms with Crippen molar-refractivity contribution in [1.29, 1.82) is 0 Å². The van der Waals surface area contributed by atoms with Gasteiger partial charge in [-0.3, -0.25) is 9.98 Å². The van der Waals surface area contributed by atoms with E-state index in [0.29, 0.717) is 24.3 Å². The first-order chi connectivity index (χ1) is 14.3. The van der Waals surface area contributed by atoms with Gasteiger partial charge in [0.05, 0.1) is 24.3 Å². The molecule has 2 fully saturated rings. The van der Waals surface area contributed by atoms with E-state index in [1.54, 1.807) is 0 Å². The lowest BCUT2D eigenvalue weighted by molar-refractivity contribution is -0.0483. The highest BCUT2D eigenvalue weighted by atomic mass is 16.5. The van der Waals surface area contributed by atoms with Crippen molar-refractivity contribution in [3.05, 3.63) is 71.8 Å². The molecule has 2 aliphatic rings. The Morgan fingerprint density at radius 1 is 0.552 bits per heavy atom. The van der Waals surface area contributed by atoms with Crippen LogP contribution in [0.3, 0.4) is 0 Å². The maximum absolute atomic E-state index is 6.45. The Balaban J connectivity index is 1.15. The third-order valence-electron chi connectivity index (χ3n) is 6.14. The van der Waals surface area contributed by atoms with E-state index in [1.807, 2.05) is 24.6 Å². The average molecular weight is 389 g/mol. The van der Waals surface area contributed by atoms with Gasteiger partial charge in [0.25, 0.3) is 0 Å². The summed E-state index contributed by atoms with van der Waals surface area (Å²) in [5.41, 5.74) is 2.38. The van der Waals surface area contributed by atoms with Crippen LogP contribution in [0.5, 0.6) is 0 Å². The molecule has 0 spiro atoms. The summed E-state index contributed by atoms with van der Waals surface area (Å²) in [6.45, 7) is 0. The molecular formula is C26H32N2O. The Morgan fingerprint density at radius 2 is 0.931 bits per heavy atom. The summed E-state index contributed by atoms with van der Waals surface area (Å²) in [5.74, 6) is 0. The summed E-state index contributed by atoms with van der Waals surface area (Å²) in [6.07, 6.45) is 14.1. The van der Waals surface area contributed by atoms with Crippen LogP contribution in [0.4, 0.5) is 0 Å². The van der Waals surface area contributed by atoms with Gasteiger partial charge in [0.2, 0.25) is 0 Å². The fourth-order valence-corrected chi connectivity index (χ4v) is 4.39. The van der Waals surface area contributed by atoms with Crippen LogP contribution in [0.15, 0.2) is 70.6 Å². The number of rotatable bonds is 6. The van der Waals surface area contributed by atoms with Crippen molar-refractivity contribution in [1.82, 2.24) is 0 Å². The molecule has 0 saturated heterocycles. The lowest BCUT2D eigenvalue weighted by atomic mass is 9.91. The molecule has 2 saturated carbocycles. The smallest absolute Gasteiger partial charge is 0.0580 e. The van der Waals surface area contributed by atoms with Crippen molar-refractivity contribution in [3.8, 4) is 0 Å². The van der Waals surface area contributed by atoms with E-state index in [0.717, 1.165) is 51.4 Å². The van der Waals surface area contributed by atoms with Crippen LogP contribution in [0.1, 0.15) is 62.5 Å². The van der Waals surface area contributed by atoms with Crippen molar-refractivity contribution < 1.29 is 4.74 Å². The molecule has 29 heavy (non-hydrogen) atoms. The fourth-order valence-electron chi connectivity index (χ4n) is 4.39. The van der Waals surface area contributed by atoms with Gasteiger partial charge in [0.1, 0.15) is 0 Å². The quantitative estimate of drug-likeness (QED) is 0.570. The lowest BCUT2D eigenvalue weighted by Gasteiger charge is -2.33. The van der Waals surface area contributed by atoms with E-state index in [4.69, 9.17) is 14.7 Å². The minimum Gasteiger partial charge on any atom is -0.375 e. The molecule has 0 aromatic heterocycles. The predicted octanol–water partition coefficient (Wildman–Crippen LogP) is 5.86. The Hall–Kier alpha value is -2.26. The monoisotopic (exact) mass is 388 g/mol. The predicted molar refractivity (Wildman–Crippen MR) is 121 cm³/mol. The van der Waals surface area contributed by atoms with E-state index >= 15 is 0 Å². The summed E-state index contributed by atoms with van der Waals surface area (Å²) in [5, 5.41) is 0. The molecule has 3 heteroatoms. The van der Waals surface area contributed by atoms with Crippen LogP contribution in [0.25, 0.3) is 0 Å². The number of nitrogens with zero attached hydrogens (tertiary/aromatic N) is 2. The van der Waals surface area contributed by atoms with Crippen molar-refractivity contribution in [2.75, 3.05) is 0 Å². The van der Waals surface area contributed by atoms with Gasteiger partial charge in [-0.15, -0.1) is 0 Å². The zero-order valence-corrected chi connectivity index (χ0v) is 17.2. The van der Waals surface area contributed by atoms with Gasteiger partial charge in [-0.2, -0.15) is 0 Å². The third kappa shape index (κ3) is 6.37. The molecule has 0 unspecified atom stereocenters. The number of aliphatic imine (C=N–C) groups is 2. The Bertz CT molecular complexity index is 703. The van der Waals surface area contributed by atoms with E-state index in [-0.39, 0.29) is 0 Å². The SMILES string of the molecule is C(=NC1CCC(OC2CCC(N=Cc3ccccc3)CC2)CC1)c1ccccc1. The van der Waals surface area contributed by atoms with Gasteiger partial charge >= 0.3 is 0 Å². The summed E-state index contributed by atoms with van der Waals surface area (Å²) in [7, 11) is 0. The molecule has 2 aromatic carbocycles. The Labute approximate surface area is 174 Å². The van der Waals surface area contributed by atoms with Crippen LogP contribution < -0.4 is 0 Å². The summed E-state index contributed by atoms with van der Waals surface area (Å²) < 4.78 is 6.45. The first kappa shape index (κ1) is 20.0. The van der Waals surface area contributed by atoms with E-state index in [1.165, 1.54) is 11.1 Å². The standard InChI is InChI=1S/C26H32N2O/c1-3-7-21(8-4-1)19-27-23-11-15-25(16-12-23)29-26-17-13-24(14-18-26)28-20-22-9-5-2-6-10-22/h1-10,19-20,23-26H,11-18H2. The van der Waals surface area contributed by atoms with Crippen LogP contribution in [-0.2, 0) is 4.74 Å². The van der Waals surface area contributed by atoms with Gasteiger partial charge in [0, 0.05) is 12.4 Å². The lowest BCUT2D eigenvalue weighted by Crippen LogP contribution is -2.31. The molecule has 0 bridgehead atoms. The fraction of sp³-hybridized carbons (Fsp3) is 0.462. The molecule has 2 aliphatic carbocycles. The molecule has 0 radical (unpaired) electrons. The van der Waals surface area contributed by atoms with Crippen molar-refractivity contribution in [2.45, 2.75) is 75.7 Å². The summed E-state index contributed by atoms with van der Waals surface area (Å²) in [6, 6.07) is 21.7. The second kappa shape index (κ2) is 10.5. The molecule has 0 atom stereocenters. The topological polar surface area (TPSA) is 34.0 Å².